The Labute approximate surface area is 208 Å². The van der Waals surface area contributed by atoms with E-state index in [1.807, 2.05) is 0 Å². The number of esters is 2. The van der Waals surface area contributed by atoms with Gasteiger partial charge in [0.05, 0.1) is 25.4 Å². The Balaban J connectivity index is 2.25. The zero-order chi connectivity index (χ0) is 26.8. The molecule has 6 nitrogen and oxygen atoms in total. The molecule has 0 fully saturated rings. The van der Waals surface area contributed by atoms with Gasteiger partial charge < -0.3 is 19.1 Å². The third-order valence-corrected chi connectivity index (χ3v) is 5.12. The van der Waals surface area contributed by atoms with Crippen LogP contribution in [0.3, 0.4) is 0 Å². The number of hydrogen-bond donors (Lipinski definition) is 0. The SMILES string of the molecule is COC(=O)C1=C(C(=O)OC)N(c2c(F)cc(Br)cc2Oc2c(F)cc(C(F)(F)F)cc2F)C=CC=C1. The maximum Gasteiger partial charge on any atom is 0.416 e. The molecule has 190 valence electrons. The highest BCUT2D eigenvalue weighted by molar-refractivity contribution is 9.10. The fourth-order valence-electron chi connectivity index (χ4n) is 3.12. The van der Waals surface area contributed by atoms with Crippen LogP contribution in [0.4, 0.5) is 32.0 Å². The van der Waals surface area contributed by atoms with Crippen LogP contribution in [-0.2, 0) is 25.2 Å². The molecule has 0 amide bonds. The maximum atomic E-state index is 15.3. The van der Waals surface area contributed by atoms with Crippen LogP contribution in [0, 0.1) is 17.5 Å². The minimum atomic E-state index is -5.04. The van der Waals surface area contributed by atoms with Crippen LogP contribution in [0.25, 0.3) is 0 Å². The third-order valence-electron chi connectivity index (χ3n) is 4.66. The van der Waals surface area contributed by atoms with E-state index in [0.717, 1.165) is 37.5 Å². The summed E-state index contributed by atoms with van der Waals surface area (Å²) in [6.45, 7) is 0. The lowest BCUT2D eigenvalue weighted by atomic mass is 10.1. The summed E-state index contributed by atoms with van der Waals surface area (Å²) in [5.74, 6) is -8.57. The van der Waals surface area contributed by atoms with Crippen LogP contribution in [0.15, 0.2) is 64.4 Å². The predicted octanol–water partition coefficient (Wildman–Crippen LogP) is 6.17. The molecule has 1 aliphatic rings. The molecule has 2 aromatic rings. The van der Waals surface area contributed by atoms with Crippen molar-refractivity contribution >= 4 is 33.6 Å². The first-order valence-electron chi connectivity index (χ1n) is 9.67. The maximum absolute atomic E-state index is 15.3. The fraction of sp³-hybridized carbons (Fsp3) is 0.130. The van der Waals surface area contributed by atoms with E-state index < -0.39 is 64.0 Å². The first-order chi connectivity index (χ1) is 16.9. The number of allylic oxidation sites excluding steroid dienone is 2. The molecule has 1 aliphatic heterocycles. The molecule has 0 aromatic heterocycles. The number of alkyl halides is 3. The van der Waals surface area contributed by atoms with E-state index in [2.05, 4.69) is 20.7 Å². The molecule has 0 atom stereocenters. The monoisotopic (exact) mass is 577 g/mol. The van der Waals surface area contributed by atoms with Gasteiger partial charge in [0.2, 0.25) is 0 Å². The van der Waals surface area contributed by atoms with Crippen molar-refractivity contribution in [2.24, 2.45) is 0 Å². The minimum absolute atomic E-state index is 0.0112. The number of halogens is 7. The molecule has 0 saturated heterocycles. The predicted molar refractivity (Wildman–Crippen MR) is 117 cm³/mol. The summed E-state index contributed by atoms with van der Waals surface area (Å²) in [6.07, 6.45) is -0.120. The van der Waals surface area contributed by atoms with Crippen LogP contribution < -0.4 is 9.64 Å². The van der Waals surface area contributed by atoms with Gasteiger partial charge in [-0.05, 0) is 36.4 Å². The van der Waals surface area contributed by atoms with E-state index in [1.165, 1.54) is 18.2 Å². The van der Waals surface area contributed by atoms with Gasteiger partial charge in [0.1, 0.15) is 11.4 Å². The Bertz CT molecular complexity index is 1300. The average Bonchev–Trinajstić information content (AvgIpc) is 3.02. The van der Waals surface area contributed by atoms with Gasteiger partial charge in [-0.1, -0.05) is 22.0 Å². The summed E-state index contributed by atoms with van der Waals surface area (Å²) in [5.41, 5.74) is -3.15. The van der Waals surface area contributed by atoms with Crippen molar-refractivity contribution in [1.29, 1.82) is 0 Å². The smallest absolute Gasteiger partial charge is 0.416 e. The highest BCUT2D eigenvalue weighted by Crippen LogP contribution is 2.42. The molecule has 36 heavy (non-hydrogen) atoms. The molecule has 0 N–H and O–H groups in total. The topological polar surface area (TPSA) is 65.1 Å². The molecule has 0 aliphatic carbocycles. The van der Waals surface area contributed by atoms with Crippen molar-refractivity contribution in [2.75, 3.05) is 19.1 Å². The van der Waals surface area contributed by atoms with Crippen LogP contribution in [-0.4, -0.2) is 26.2 Å². The number of carbonyl (C=O) groups is 2. The molecular weight excluding hydrogens is 564 g/mol. The summed E-state index contributed by atoms with van der Waals surface area (Å²) in [6, 6.07) is 1.99. The summed E-state index contributed by atoms with van der Waals surface area (Å²) in [5, 5.41) is 0. The molecule has 13 heteroatoms. The number of ether oxygens (including phenoxy) is 3. The van der Waals surface area contributed by atoms with E-state index >= 15 is 4.39 Å². The van der Waals surface area contributed by atoms with Crippen LogP contribution in [0.5, 0.6) is 11.5 Å². The number of rotatable bonds is 5. The number of hydrogen-bond acceptors (Lipinski definition) is 6. The molecule has 3 rings (SSSR count). The average molecular weight is 578 g/mol. The van der Waals surface area contributed by atoms with E-state index in [4.69, 9.17) is 9.47 Å². The number of benzene rings is 2. The first kappa shape index (κ1) is 26.9. The molecule has 0 radical (unpaired) electrons. The van der Waals surface area contributed by atoms with E-state index in [9.17, 15) is 31.5 Å². The van der Waals surface area contributed by atoms with Crippen LogP contribution >= 0.6 is 15.9 Å². The first-order valence-corrected chi connectivity index (χ1v) is 10.5. The minimum Gasteiger partial charge on any atom is -0.465 e. The van der Waals surface area contributed by atoms with Gasteiger partial charge in [-0.25, -0.2) is 22.8 Å². The summed E-state index contributed by atoms with van der Waals surface area (Å²) < 4.78 is 97.6. The van der Waals surface area contributed by atoms with Gasteiger partial charge >= 0.3 is 18.1 Å². The number of methoxy groups -OCH3 is 2. The molecule has 0 bridgehead atoms. The van der Waals surface area contributed by atoms with Gasteiger partial charge in [-0.2, -0.15) is 13.2 Å². The second-order valence-corrected chi connectivity index (χ2v) is 7.83. The zero-order valence-electron chi connectivity index (χ0n) is 18.3. The zero-order valence-corrected chi connectivity index (χ0v) is 19.8. The van der Waals surface area contributed by atoms with Gasteiger partial charge in [0.15, 0.2) is 29.0 Å². The summed E-state index contributed by atoms with van der Waals surface area (Å²) >= 11 is 3.00. The van der Waals surface area contributed by atoms with Crippen molar-refractivity contribution < 1.29 is 50.1 Å². The van der Waals surface area contributed by atoms with Crippen molar-refractivity contribution in [3.05, 3.63) is 87.5 Å². The van der Waals surface area contributed by atoms with E-state index in [0.29, 0.717) is 0 Å². The number of anilines is 1. The number of nitrogens with zero attached hydrogens (tertiary/aromatic N) is 1. The lowest BCUT2D eigenvalue weighted by molar-refractivity contribution is -0.139. The molecular formula is C23H14BrF6NO5. The van der Waals surface area contributed by atoms with Gasteiger partial charge in [0, 0.05) is 10.7 Å². The lowest BCUT2D eigenvalue weighted by Crippen LogP contribution is -2.28. The summed E-state index contributed by atoms with van der Waals surface area (Å²) in [4.78, 5) is 25.8. The molecule has 1 heterocycles. The third kappa shape index (κ3) is 5.40. The van der Waals surface area contributed by atoms with Crippen molar-refractivity contribution in [1.82, 2.24) is 0 Å². The fourth-order valence-corrected chi connectivity index (χ4v) is 3.53. The number of carbonyl (C=O) groups excluding carboxylic acids is 2. The molecule has 2 aromatic carbocycles. The largest absolute Gasteiger partial charge is 0.465 e. The quantitative estimate of drug-likeness (QED) is 0.313. The molecule has 0 unspecified atom stereocenters. The molecule has 0 saturated carbocycles. The lowest BCUT2D eigenvalue weighted by Gasteiger charge is -2.26. The Morgan fingerprint density at radius 3 is 2.06 bits per heavy atom. The summed E-state index contributed by atoms with van der Waals surface area (Å²) in [7, 11) is 2.02. The van der Waals surface area contributed by atoms with Crippen molar-refractivity contribution in [3.63, 3.8) is 0 Å². The Morgan fingerprint density at radius 1 is 0.889 bits per heavy atom. The second-order valence-electron chi connectivity index (χ2n) is 6.92. The van der Waals surface area contributed by atoms with Gasteiger partial charge in [-0.3, -0.25) is 0 Å². The van der Waals surface area contributed by atoms with Crippen molar-refractivity contribution in [3.8, 4) is 11.5 Å². The Kier molecular flexibility index (Phi) is 7.82. The standard InChI is InChI=1S/C23H14BrF6NO5/c1-34-21(32)13-5-3-4-6-31(18(13)22(33)35-2)19-14(25)9-12(24)10-17(19)36-20-15(26)7-11(8-16(20)27)23(28,29)30/h3-10H,1-2H3. The van der Waals surface area contributed by atoms with E-state index in [-0.39, 0.29) is 22.2 Å². The molecule has 0 spiro atoms. The van der Waals surface area contributed by atoms with Crippen LogP contribution in [0.1, 0.15) is 5.56 Å². The van der Waals surface area contributed by atoms with Gasteiger partial charge in [-0.15, -0.1) is 0 Å². The van der Waals surface area contributed by atoms with Crippen LogP contribution in [0.2, 0.25) is 0 Å². The second kappa shape index (κ2) is 10.5. The van der Waals surface area contributed by atoms with Crippen molar-refractivity contribution in [2.45, 2.75) is 6.18 Å². The normalized spacial score (nSPS) is 13.5. The highest BCUT2D eigenvalue weighted by atomic mass is 79.9. The van der Waals surface area contributed by atoms with Gasteiger partial charge in [0.25, 0.3) is 0 Å². The Morgan fingerprint density at radius 2 is 1.50 bits per heavy atom. The van der Waals surface area contributed by atoms with E-state index in [1.54, 1.807) is 0 Å². The Hall–Kier alpha value is -3.74. The highest BCUT2D eigenvalue weighted by Gasteiger charge is 2.34.